The van der Waals surface area contributed by atoms with Crippen molar-refractivity contribution in [3.05, 3.63) is 11.9 Å². The number of hydrogen-bond acceptors (Lipinski definition) is 5. The first-order valence-electron chi connectivity index (χ1n) is 6.66. The van der Waals surface area contributed by atoms with Crippen LogP contribution in [0.15, 0.2) is 6.33 Å². The number of aromatic nitrogens is 2. The molecule has 2 N–H and O–H groups in total. The average molecular weight is 268 g/mol. The summed E-state index contributed by atoms with van der Waals surface area (Å²) in [5.74, 6) is 4.29. The molecule has 0 aliphatic carbocycles. The number of anilines is 2. The van der Waals surface area contributed by atoms with Crippen molar-refractivity contribution >= 4 is 23.4 Å². The molecule has 18 heavy (non-hydrogen) atoms. The topological polar surface area (TPSA) is 49.8 Å². The van der Waals surface area contributed by atoms with Crippen molar-refractivity contribution in [1.82, 2.24) is 9.97 Å². The van der Waals surface area contributed by atoms with Gasteiger partial charge in [0.1, 0.15) is 18.0 Å². The van der Waals surface area contributed by atoms with Crippen LogP contribution in [0.5, 0.6) is 0 Å². The molecular formula is C13H24N4S. The molecule has 0 fully saturated rings. The standard InChI is InChI=1S/C13H24N4S/c1-4-7-14-12-11(3)13(17-10-16-12)15-8-6-9-18-5-2/h10H,4-9H2,1-3H3,(H2,14,15,16,17). The number of rotatable bonds is 9. The Balaban J connectivity index is 2.44. The van der Waals surface area contributed by atoms with E-state index in [1.165, 1.54) is 17.9 Å². The van der Waals surface area contributed by atoms with Gasteiger partial charge in [-0.15, -0.1) is 0 Å². The van der Waals surface area contributed by atoms with Gasteiger partial charge in [-0.1, -0.05) is 13.8 Å². The van der Waals surface area contributed by atoms with Gasteiger partial charge in [0.25, 0.3) is 0 Å². The smallest absolute Gasteiger partial charge is 0.134 e. The molecular weight excluding hydrogens is 244 g/mol. The van der Waals surface area contributed by atoms with E-state index in [1.54, 1.807) is 6.33 Å². The second-order valence-electron chi connectivity index (χ2n) is 4.10. The lowest BCUT2D eigenvalue weighted by Gasteiger charge is -2.12. The van der Waals surface area contributed by atoms with E-state index in [2.05, 4.69) is 41.4 Å². The van der Waals surface area contributed by atoms with E-state index in [9.17, 15) is 0 Å². The number of hydrogen-bond donors (Lipinski definition) is 2. The van der Waals surface area contributed by atoms with Crippen LogP contribution < -0.4 is 10.6 Å². The maximum absolute atomic E-state index is 4.30. The fourth-order valence-corrected chi connectivity index (χ4v) is 2.21. The number of nitrogens with zero attached hydrogens (tertiary/aromatic N) is 2. The molecule has 0 aromatic carbocycles. The van der Waals surface area contributed by atoms with Crippen LogP contribution in [0.4, 0.5) is 11.6 Å². The molecule has 0 bridgehead atoms. The summed E-state index contributed by atoms with van der Waals surface area (Å²) in [6.07, 6.45) is 3.88. The second-order valence-corrected chi connectivity index (χ2v) is 5.49. The first kappa shape index (κ1) is 15.1. The molecule has 5 heteroatoms. The summed E-state index contributed by atoms with van der Waals surface area (Å²) in [6.45, 7) is 8.32. The van der Waals surface area contributed by atoms with Crippen molar-refractivity contribution in [3.63, 3.8) is 0 Å². The molecule has 4 nitrogen and oxygen atoms in total. The van der Waals surface area contributed by atoms with Crippen LogP contribution in [0, 0.1) is 6.92 Å². The summed E-state index contributed by atoms with van der Waals surface area (Å²) in [6, 6.07) is 0. The van der Waals surface area contributed by atoms with Gasteiger partial charge in [0, 0.05) is 18.7 Å². The molecule has 0 amide bonds. The van der Waals surface area contributed by atoms with Gasteiger partial charge in [0.15, 0.2) is 0 Å². The van der Waals surface area contributed by atoms with E-state index in [-0.39, 0.29) is 0 Å². The van der Waals surface area contributed by atoms with Gasteiger partial charge in [0.2, 0.25) is 0 Å². The molecule has 0 spiro atoms. The normalized spacial score (nSPS) is 10.4. The highest BCUT2D eigenvalue weighted by Crippen LogP contribution is 2.18. The van der Waals surface area contributed by atoms with Gasteiger partial charge in [-0.05, 0) is 31.3 Å². The summed E-state index contributed by atoms with van der Waals surface area (Å²) < 4.78 is 0. The predicted molar refractivity (Wildman–Crippen MR) is 81.7 cm³/mol. The Morgan fingerprint density at radius 3 is 2.39 bits per heavy atom. The highest BCUT2D eigenvalue weighted by molar-refractivity contribution is 7.99. The Bertz CT molecular complexity index is 344. The van der Waals surface area contributed by atoms with Crippen LogP contribution in [0.3, 0.4) is 0 Å². The molecule has 0 aliphatic rings. The zero-order chi connectivity index (χ0) is 13.2. The van der Waals surface area contributed by atoms with E-state index < -0.39 is 0 Å². The molecule has 0 radical (unpaired) electrons. The maximum atomic E-state index is 4.30. The molecule has 0 saturated carbocycles. The van der Waals surface area contributed by atoms with Gasteiger partial charge < -0.3 is 10.6 Å². The molecule has 0 saturated heterocycles. The van der Waals surface area contributed by atoms with E-state index in [4.69, 9.17) is 0 Å². The minimum atomic E-state index is 0.942. The highest BCUT2D eigenvalue weighted by Gasteiger charge is 2.05. The molecule has 1 rings (SSSR count). The second kappa shape index (κ2) is 9.03. The zero-order valence-electron chi connectivity index (χ0n) is 11.6. The van der Waals surface area contributed by atoms with E-state index in [0.717, 1.165) is 36.7 Å². The Morgan fingerprint density at radius 2 is 1.78 bits per heavy atom. The lowest BCUT2D eigenvalue weighted by molar-refractivity contribution is 0.947. The van der Waals surface area contributed by atoms with Gasteiger partial charge >= 0.3 is 0 Å². The lowest BCUT2D eigenvalue weighted by atomic mass is 10.3. The summed E-state index contributed by atoms with van der Waals surface area (Å²) in [7, 11) is 0. The van der Waals surface area contributed by atoms with Crippen molar-refractivity contribution in [2.75, 3.05) is 35.2 Å². The monoisotopic (exact) mass is 268 g/mol. The van der Waals surface area contributed by atoms with Crippen LogP contribution in [-0.2, 0) is 0 Å². The van der Waals surface area contributed by atoms with Crippen LogP contribution in [0.1, 0.15) is 32.3 Å². The van der Waals surface area contributed by atoms with E-state index >= 15 is 0 Å². The van der Waals surface area contributed by atoms with Crippen LogP contribution in [0.2, 0.25) is 0 Å². The fraction of sp³-hybridized carbons (Fsp3) is 0.692. The minimum absolute atomic E-state index is 0.942. The third-order valence-corrected chi connectivity index (χ3v) is 3.57. The molecule has 1 heterocycles. The van der Waals surface area contributed by atoms with Crippen molar-refractivity contribution < 1.29 is 0 Å². The molecule has 0 atom stereocenters. The first-order valence-corrected chi connectivity index (χ1v) is 7.82. The first-order chi connectivity index (χ1) is 8.79. The van der Waals surface area contributed by atoms with Crippen LogP contribution >= 0.6 is 11.8 Å². The SMILES string of the molecule is CCCNc1ncnc(NCCCSCC)c1C. The fourth-order valence-electron chi connectivity index (χ4n) is 1.58. The molecule has 1 aromatic heterocycles. The van der Waals surface area contributed by atoms with Crippen molar-refractivity contribution in [1.29, 1.82) is 0 Å². The largest absolute Gasteiger partial charge is 0.370 e. The number of thioether (sulfide) groups is 1. The molecule has 0 unspecified atom stereocenters. The summed E-state index contributed by atoms with van der Waals surface area (Å²) >= 11 is 1.98. The summed E-state index contributed by atoms with van der Waals surface area (Å²) in [4.78, 5) is 8.56. The third-order valence-electron chi connectivity index (χ3n) is 2.59. The maximum Gasteiger partial charge on any atom is 0.134 e. The Morgan fingerprint density at radius 1 is 1.11 bits per heavy atom. The van der Waals surface area contributed by atoms with Crippen LogP contribution in [-0.4, -0.2) is 34.6 Å². The third kappa shape index (κ3) is 5.12. The van der Waals surface area contributed by atoms with Crippen LogP contribution in [0.25, 0.3) is 0 Å². The number of nitrogens with one attached hydrogen (secondary N) is 2. The Labute approximate surface area is 114 Å². The minimum Gasteiger partial charge on any atom is -0.370 e. The zero-order valence-corrected chi connectivity index (χ0v) is 12.4. The average Bonchev–Trinajstić information content (AvgIpc) is 2.39. The van der Waals surface area contributed by atoms with Gasteiger partial charge in [-0.25, -0.2) is 9.97 Å². The highest BCUT2D eigenvalue weighted by atomic mass is 32.2. The van der Waals surface area contributed by atoms with E-state index in [1.807, 2.05) is 11.8 Å². The summed E-state index contributed by atoms with van der Waals surface area (Å²) in [5, 5.41) is 6.70. The lowest BCUT2D eigenvalue weighted by Crippen LogP contribution is -2.10. The van der Waals surface area contributed by atoms with Gasteiger partial charge in [-0.3, -0.25) is 0 Å². The predicted octanol–water partition coefficient (Wildman–Crippen LogP) is 3.16. The van der Waals surface area contributed by atoms with Gasteiger partial charge in [0.05, 0.1) is 0 Å². The Hall–Kier alpha value is -0.970. The molecule has 0 aliphatic heterocycles. The van der Waals surface area contributed by atoms with Crippen molar-refractivity contribution in [2.24, 2.45) is 0 Å². The quantitative estimate of drug-likeness (QED) is 0.674. The van der Waals surface area contributed by atoms with Crippen molar-refractivity contribution in [3.8, 4) is 0 Å². The van der Waals surface area contributed by atoms with Crippen molar-refractivity contribution in [2.45, 2.75) is 33.6 Å². The van der Waals surface area contributed by atoms with Gasteiger partial charge in [-0.2, -0.15) is 11.8 Å². The molecule has 102 valence electrons. The summed E-state index contributed by atoms with van der Waals surface area (Å²) in [5.41, 5.74) is 1.11. The molecule has 1 aromatic rings. The Kier molecular flexibility index (Phi) is 7.57. The van der Waals surface area contributed by atoms with E-state index in [0.29, 0.717) is 0 Å².